The van der Waals surface area contributed by atoms with E-state index in [0.29, 0.717) is 19.6 Å². The van der Waals surface area contributed by atoms with Gasteiger partial charge in [-0.3, -0.25) is 0 Å². The third kappa shape index (κ3) is 9.88. The van der Waals surface area contributed by atoms with E-state index in [0.717, 1.165) is 12.8 Å². The Balaban J connectivity index is 2.80. The van der Waals surface area contributed by atoms with Crippen molar-refractivity contribution in [3.05, 3.63) is 0 Å². The number of hydrogen-bond donors (Lipinski definition) is 2. The Labute approximate surface area is 68.0 Å². The zero-order chi connectivity index (χ0) is 8.53. The topological polar surface area (TPSA) is 49.7 Å². The molecule has 0 bridgehead atoms. The van der Waals surface area contributed by atoms with E-state index in [4.69, 9.17) is 14.9 Å². The van der Waals surface area contributed by atoms with Crippen molar-refractivity contribution in [1.29, 1.82) is 0 Å². The summed E-state index contributed by atoms with van der Waals surface area (Å²) in [5, 5.41) is 17.3. The van der Waals surface area contributed by atoms with Crippen molar-refractivity contribution in [3.63, 3.8) is 0 Å². The first-order chi connectivity index (χ1) is 5.27. The summed E-state index contributed by atoms with van der Waals surface area (Å²) >= 11 is 0. The molecule has 0 aliphatic carbocycles. The lowest BCUT2D eigenvalue weighted by Gasteiger charge is -2.04. The van der Waals surface area contributed by atoms with Gasteiger partial charge in [-0.25, -0.2) is 0 Å². The Bertz CT molecular complexity index is 73.7. The molecule has 0 saturated carbocycles. The van der Waals surface area contributed by atoms with Crippen molar-refractivity contribution in [2.24, 2.45) is 0 Å². The minimum atomic E-state index is -0.226. The lowest BCUT2D eigenvalue weighted by Crippen LogP contribution is -2.04. The molecule has 68 valence electrons. The van der Waals surface area contributed by atoms with Gasteiger partial charge in [0.2, 0.25) is 0 Å². The van der Waals surface area contributed by atoms with E-state index in [9.17, 15) is 0 Å². The smallest absolute Gasteiger partial charge is 0.0513 e. The SMILES string of the molecule is CC(O)CCCOCCCO. The average Bonchev–Trinajstić information content (AvgIpc) is 1.96. The molecule has 0 heterocycles. The maximum atomic E-state index is 8.86. The summed E-state index contributed by atoms with van der Waals surface area (Å²) in [6.45, 7) is 3.27. The van der Waals surface area contributed by atoms with Crippen LogP contribution in [0.25, 0.3) is 0 Å². The van der Waals surface area contributed by atoms with Gasteiger partial charge in [0.25, 0.3) is 0 Å². The summed E-state index contributed by atoms with van der Waals surface area (Å²) in [5.41, 5.74) is 0. The molecule has 1 atom stereocenters. The highest BCUT2D eigenvalue weighted by molar-refractivity contribution is 4.45. The molecule has 11 heavy (non-hydrogen) atoms. The van der Waals surface area contributed by atoms with Crippen LogP contribution in [0.1, 0.15) is 26.2 Å². The number of ether oxygens (including phenoxy) is 1. The molecule has 0 saturated heterocycles. The molecule has 0 radical (unpaired) electrons. The highest BCUT2D eigenvalue weighted by Gasteiger charge is 1.94. The second-order valence-electron chi connectivity index (χ2n) is 2.68. The van der Waals surface area contributed by atoms with Crippen molar-refractivity contribution in [3.8, 4) is 0 Å². The molecule has 3 nitrogen and oxygen atoms in total. The molecule has 2 N–H and O–H groups in total. The minimum absolute atomic E-state index is 0.191. The quantitative estimate of drug-likeness (QED) is 0.537. The van der Waals surface area contributed by atoms with Crippen LogP contribution < -0.4 is 0 Å². The van der Waals surface area contributed by atoms with E-state index >= 15 is 0 Å². The molecule has 0 aromatic heterocycles. The maximum Gasteiger partial charge on any atom is 0.0513 e. The number of rotatable bonds is 7. The first-order valence-electron chi connectivity index (χ1n) is 4.14. The van der Waals surface area contributed by atoms with Crippen LogP contribution in [0, 0.1) is 0 Å². The zero-order valence-electron chi connectivity index (χ0n) is 7.12. The van der Waals surface area contributed by atoms with Crippen LogP contribution in [0.3, 0.4) is 0 Å². The first-order valence-corrected chi connectivity index (χ1v) is 4.14. The van der Waals surface area contributed by atoms with Gasteiger partial charge in [0.05, 0.1) is 6.10 Å². The standard InChI is InChI=1S/C8H18O3/c1-8(10)4-2-6-11-7-3-5-9/h8-10H,2-7H2,1H3. The molecule has 0 aliphatic heterocycles. The van der Waals surface area contributed by atoms with Crippen LogP contribution in [0.2, 0.25) is 0 Å². The molecule has 0 aromatic rings. The predicted octanol–water partition coefficient (Wildman–Crippen LogP) is 0.546. The highest BCUT2D eigenvalue weighted by atomic mass is 16.5. The van der Waals surface area contributed by atoms with Crippen molar-refractivity contribution in [2.45, 2.75) is 32.3 Å². The van der Waals surface area contributed by atoms with Gasteiger partial charge in [-0.1, -0.05) is 0 Å². The van der Waals surface area contributed by atoms with Gasteiger partial charge >= 0.3 is 0 Å². The van der Waals surface area contributed by atoms with E-state index in [-0.39, 0.29) is 12.7 Å². The minimum Gasteiger partial charge on any atom is -0.396 e. The van der Waals surface area contributed by atoms with E-state index in [1.54, 1.807) is 6.92 Å². The van der Waals surface area contributed by atoms with Gasteiger partial charge in [0.1, 0.15) is 0 Å². The fourth-order valence-electron chi connectivity index (χ4n) is 0.749. The predicted molar refractivity (Wildman–Crippen MR) is 43.4 cm³/mol. The van der Waals surface area contributed by atoms with E-state index in [1.807, 2.05) is 0 Å². The van der Waals surface area contributed by atoms with Gasteiger partial charge in [-0.05, 0) is 26.2 Å². The van der Waals surface area contributed by atoms with Gasteiger partial charge in [0, 0.05) is 19.8 Å². The Kier molecular flexibility index (Phi) is 7.89. The molecular weight excluding hydrogens is 144 g/mol. The molecule has 0 aromatic carbocycles. The highest BCUT2D eigenvalue weighted by Crippen LogP contribution is 1.95. The molecule has 1 unspecified atom stereocenters. The summed E-state index contributed by atoms with van der Waals surface area (Å²) in [7, 11) is 0. The molecule has 0 amide bonds. The number of aliphatic hydroxyl groups is 2. The van der Waals surface area contributed by atoms with Crippen LogP contribution in [0.15, 0.2) is 0 Å². The maximum absolute atomic E-state index is 8.86. The van der Waals surface area contributed by atoms with Crippen molar-refractivity contribution < 1.29 is 14.9 Å². The van der Waals surface area contributed by atoms with Crippen molar-refractivity contribution in [2.75, 3.05) is 19.8 Å². The van der Waals surface area contributed by atoms with Crippen molar-refractivity contribution >= 4 is 0 Å². The van der Waals surface area contributed by atoms with Crippen LogP contribution >= 0.6 is 0 Å². The molecule has 3 heteroatoms. The Morgan fingerprint density at radius 3 is 2.45 bits per heavy atom. The fraction of sp³-hybridized carbons (Fsp3) is 1.00. The van der Waals surface area contributed by atoms with Crippen LogP contribution in [0.5, 0.6) is 0 Å². The van der Waals surface area contributed by atoms with Gasteiger partial charge in [-0.15, -0.1) is 0 Å². The Morgan fingerprint density at radius 2 is 1.91 bits per heavy atom. The van der Waals surface area contributed by atoms with Crippen LogP contribution in [-0.2, 0) is 4.74 Å². The Hall–Kier alpha value is -0.120. The first kappa shape index (κ1) is 10.9. The third-order valence-corrected chi connectivity index (χ3v) is 1.36. The molecular formula is C8H18O3. The lowest BCUT2D eigenvalue weighted by atomic mass is 10.2. The fourth-order valence-corrected chi connectivity index (χ4v) is 0.749. The summed E-state index contributed by atoms with van der Waals surface area (Å²) < 4.78 is 5.15. The number of hydrogen-bond acceptors (Lipinski definition) is 3. The van der Waals surface area contributed by atoms with Crippen molar-refractivity contribution in [1.82, 2.24) is 0 Å². The molecule has 0 aliphatic rings. The summed E-state index contributed by atoms with van der Waals surface area (Å²) in [4.78, 5) is 0. The number of aliphatic hydroxyl groups excluding tert-OH is 2. The molecule has 0 fully saturated rings. The van der Waals surface area contributed by atoms with E-state index in [1.165, 1.54) is 0 Å². The Morgan fingerprint density at radius 1 is 1.27 bits per heavy atom. The lowest BCUT2D eigenvalue weighted by molar-refractivity contribution is 0.0995. The average molecular weight is 162 g/mol. The third-order valence-electron chi connectivity index (χ3n) is 1.36. The largest absolute Gasteiger partial charge is 0.396 e. The second-order valence-corrected chi connectivity index (χ2v) is 2.68. The normalized spacial score (nSPS) is 13.4. The van der Waals surface area contributed by atoms with Crippen LogP contribution in [0.4, 0.5) is 0 Å². The summed E-state index contributed by atoms with van der Waals surface area (Å²) in [5.74, 6) is 0. The zero-order valence-corrected chi connectivity index (χ0v) is 7.12. The summed E-state index contributed by atoms with van der Waals surface area (Å²) in [6.07, 6.45) is 2.16. The molecule has 0 spiro atoms. The van der Waals surface area contributed by atoms with Gasteiger partial charge < -0.3 is 14.9 Å². The van der Waals surface area contributed by atoms with Gasteiger partial charge in [0.15, 0.2) is 0 Å². The summed E-state index contributed by atoms with van der Waals surface area (Å²) in [6, 6.07) is 0. The van der Waals surface area contributed by atoms with E-state index < -0.39 is 0 Å². The van der Waals surface area contributed by atoms with Crippen LogP contribution in [-0.4, -0.2) is 36.1 Å². The second kappa shape index (κ2) is 7.98. The van der Waals surface area contributed by atoms with Gasteiger partial charge in [-0.2, -0.15) is 0 Å². The monoisotopic (exact) mass is 162 g/mol. The molecule has 0 rings (SSSR count). The van der Waals surface area contributed by atoms with E-state index in [2.05, 4.69) is 0 Å².